The van der Waals surface area contributed by atoms with Gasteiger partial charge in [0.2, 0.25) is 0 Å². The van der Waals surface area contributed by atoms with Crippen molar-refractivity contribution in [3.05, 3.63) is 66.1 Å². The molecule has 28 heavy (non-hydrogen) atoms. The Morgan fingerprint density at radius 3 is 2.79 bits per heavy atom. The highest BCUT2D eigenvalue weighted by Gasteiger charge is 2.30. The predicted octanol–water partition coefficient (Wildman–Crippen LogP) is 4.10. The first-order valence-corrected chi connectivity index (χ1v) is 10.2. The van der Waals surface area contributed by atoms with Crippen LogP contribution in [0.2, 0.25) is 0 Å². The lowest BCUT2D eigenvalue weighted by Gasteiger charge is -2.31. The lowest BCUT2D eigenvalue weighted by atomic mass is 9.97. The molecular formula is C21H19N5OS. The van der Waals surface area contributed by atoms with Gasteiger partial charge in [0.05, 0.1) is 15.9 Å². The van der Waals surface area contributed by atoms with Crippen LogP contribution in [0.15, 0.2) is 54.6 Å². The van der Waals surface area contributed by atoms with Crippen LogP contribution in [0.25, 0.3) is 21.5 Å². The minimum absolute atomic E-state index is 0.0478. The van der Waals surface area contributed by atoms with Gasteiger partial charge in [-0.1, -0.05) is 47.0 Å². The molecule has 1 unspecified atom stereocenters. The van der Waals surface area contributed by atoms with Crippen molar-refractivity contribution in [2.24, 2.45) is 0 Å². The fraction of sp³-hybridized carbons (Fsp3) is 0.238. The second-order valence-corrected chi connectivity index (χ2v) is 7.80. The maximum atomic E-state index is 13.2. The van der Waals surface area contributed by atoms with Crippen molar-refractivity contribution in [3.63, 3.8) is 0 Å². The summed E-state index contributed by atoms with van der Waals surface area (Å²) in [5.41, 5.74) is 3.43. The Bertz CT molecular complexity index is 1090. The quantitative estimate of drug-likeness (QED) is 0.572. The normalized spacial score (nSPS) is 17.1. The monoisotopic (exact) mass is 389 g/mol. The number of likely N-dealkylation sites (tertiary alicyclic amines) is 1. The number of para-hydroxylation sites is 2. The minimum Gasteiger partial charge on any atom is -0.342 e. The second-order valence-electron chi connectivity index (χ2n) is 7.05. The first kappa shape index (κ1) is 17.1. The number of fused-ring (bicyclic) bond motifs is 1. The molecule has 7 heteroatoms. The summed E-state index contributed by atoms with van der Waals surface area (Å²) in [4.78, 5) is 24.1. The molecule has 0 spiro atoms. The van der Waals surface area contributed by atoms with E-state index in [1.807, 2.05) is 59.5 Å². The first-order valence-electron chi connectivity index (χ1n) is 9.41. The van der Waals surface area contributed by atoms with Gasteiger partial charge in [-0.05, 0) is 42.1 Å². The van der Waals surface area contributed by atoms with Gasteiger partial charge in [0.25, 0.3) is 5.91 Å². The number of piperidine rings is 1. The van der Waals surface area contributed by atoms with E-state index in [-0.39, 0.29) is 11.8 Å². The van der Waals surface area contributed by atoms with Gasteiger partial charge < -0.3 is 9.88 Å². The molecular weight excluding hydrogens is 370 g/mol. The summed E-state index contributed by atoms with van der Waals surface area (Å²) in [6.45, 7) is 1.38. The van der Waals surface area contributed by atoms with E-state index in [0.29, 0.717) is 12.2 Å². The topological polar surface area (TPSA) is 74.8 Å². The van der Waals surface area contributed by atoms with Crippen molar-refractivity contribution in [1.82, 2.24) is 24.5 Å². The van der Waals surface area contributed by atoms with Crippen LogP contribution in [-0.2, 0) is 0 Å². The average Bonchev–Trinajstić information content (AvgIpc) is 3.41. The Hall–Kier alpha value is -3.06. The summed E-state index contributed by atoms with van der Waals surface area (Å²) >= 11 is 1.27. The molecule has 1 aliphatic heterocycles. The van der Waals surface area contributed by atoms with Crippen LogP contribution in [-0.4, -0.2) is 43.5 Å². The van der Waals surface area contributed by atoms with Gasteiger partial charge in [-0.25, -0.2) is 4.98 Å². The van der Waals surface area contributed by atoms with E-state index < -0.39 is 0 Å². The van der Waals surface area contributed by atoms with E-state index in [1.165, 1.54) is 11.5 Å². The Kier molecular flexibility index (Phi) is 4.37. The SMILES string of the molecule is O=C(c1nnsc1-c1ccccc1)N1CCCC(c2nc3ccccc3[nH]2)C1. The van der Waals surface area contributed by atoms with E-state index in [4.69, 9.17) is 4.98 Å². The minimum atomic E-state index is -0.0478. The third kappa shape index (κ3) is 3.07. The summed E-state index contributed by atoms with van der Waals surface area (Å²) in [6.07, 6.45) is 1.97. The maximum Gasteiger partial charge on any atom is 0.275 e. The zero-order chi connectivity index (χ0) is 18.9. The van der Waals surface area contributed by atoms with Crippen LogP contribution < -0.4 is 0 Å². The molecule has 3 heterocycles. The number of nitrogens with one attached hydrogen (secondary N) is 1. The van der Waals surface area contributed by atoms with Crippen LogP contribution in [0.4, 0.5) is 0 Å². The number of amides is 1. The molecule has 1 amide bonds. The van der Waals surface area contributed by atoms with Crippen LogP contribution in [0.1, 0.15) is 35.1 Å². The van der Waals surface area contributed by atoms with E-state index in [2.05, 4.69) is 14.6 Å². The number of aromatic nitrogens is 4. The number of aromatic amines is 1. The third-order valence-corrected chi connectivity index (χ3v) is 6.00. The second kappa shape index (κ2) is 7.16. The lowest BCUT2D eigenvalue weighted by Crippen LogP contribution is -2.39. The molecule has 1 fully saturated rings. The number of carbonyl (C=O) groups excluding carboxylic acids is 1. The van der Waals surface area contributed by atoms with E-state index in [1.54, 1.807) is 0 Å². The Balaban J connectivity index is 1.40. The Labute approximate surface area is 166 Å². The summed E-state index contributed by atoms with van der Waals surface area (Å²) in [5, 5.41) is 4.15. The highest BCUT2D eigenvalue weighted by Crippen LogP contribution is 2.30. The highest BCUT2D eigenvalue weighted by molar-refractivity contribution is 7.09. The smallest absolute Gasteiger partial charge is 0.275 e. The van der Waals surface area contributed by atoms with Crippen LogP contribution in [0, 0.1) is 0 Å². The molecule has 1 N–H and O–H groups in total. The summed E-state index contributed by atoms with van der Waals surface area (Å²) in [7, 11) is 0. The summed E-state index contributed by atoms with van der Waals surface area (Å²) in [6, 6.07) is 17.9. The number of H-pyrrole nitrogens is 1. The largest absolute Gasteiger partial charge is 0.342 e. The van der Waals surface area contributed by atoms with Crippen molar-refractivity contribution in [3.8, 4) is 10.4 Å². The van der Waals surface area contributed by atoms with Gasteiger partial charge in [0.15, 0.2) is 5.69 Å². The summed E-state index contributed by atoms with van der Waals surface area (Å²) < 4.78 is 4.05. The number of hydrogen-bond acceptors (Lipinski definition) is 5. The van der Waals surface area contributed by atoms with Crippen molar-refractivity contribution >= 4 is 28.5 Å². The van der Waals surface area contributed by atoms with Crippen molar-refractivity contribution in [2.45, 2.75) is 18.8 Å². The summed E-state index contributed by atoms with van der Waals surface area (Å²) in [5.74, 6) is 1.11. The zero-order valence-corrected chi connectivity index (χ0v) is 16.0. The van der Waals surface area contributed by atoms with Gasteiger partial charge in [-0.3, -0.25) is 4.79 Å². The van der Waals surface area contributed by atoms with E-state index >= 15 is 0 Å². The molecule has 4 aromatic rings. The fourth-order valence-electron chi connectivity index (χ4n) is 3.81. The number of rotatable bonds is 3. The van der Waals surface area contributed by atoms with Crippen LogP contribution in [0.5, 0.6) is 0 Å². The number of carbonyl (C=O) groups is 1. The van der Waals surface area contributed by atoms with Gasteiger partial charge in [-0.2, -0.15) is 0 Å². The average molecular weight is 389 g/mol. The molecule has 6 nitrogen and oxygen atoms in total. The maximum absolute atomic E-state index is 13.2. The lowest BCUT2D eigenvalue weighted by molar-refractivity contribution is 0.0699. The third-order valence-electron chi connectivity index (χ3n) is 5.23. The molecule has 1 atom stereocenters. The molecule has 1 saturated heterocycles. The highest BCUT2D eigenvalue weighted by atomic mass is 32.1. The van der Waals surface area contributed by atoms with Crippen LogP contribution >= 0.6 is 11.5 Å². The fourth-order valence-corrected chi connectivity index (χ4v) is 4.47. The molecule has 5 rings (SSSR count). The Morgan fingerprint density at radius 1 is 1.11 bits per heavy atom. The van der Waals surface area contributed by atoms with Crippen molar-refractivity contribution < 1.29 is 4.79 Å². The molecule has 2 aromatic heterocycles. The van der Waals surface area contributed by atoms with Gasteiger partial charge >= 0.3 is 0 Å². The molecule has 140 valence electrons. The molecule has 2 aromatic carbocycles. The number of hydrogen-bond donors (Lipinski definition) is 1. The van der Waals surface area contributed by atoms with Crippen molar-refractivity contribution in [2.75, 3.05) is 13.1 Å². The molecule has 0 bridgehead atoms. The van der Waals surface area contributed by atoms with E-state index in [9.17, 15) is 4.79 Å². The molecule has 1 aliphatic rings. The van der Waals surface area contributed by atoms with Crippen LogP contribution in [0.3, 0.4) is 0 Å². The predicted molar refractivity (Wildman–Crippen MR) is 109 cm³/mol. The van der Waals surface area contributed by atoms with Gasteiger partial charge in [-0.15, -0.1) is 5.10 Å². The molecule has 0 radical (unpaired) electrons. The first-order chi connectivity index (χ1) is 13.8. The van der Waals surface area contributed by atoms with Gasteiger partial charge in [0, 0.05) is 19.0 Å². The Morgan fingerprint density at radius 2 is 1.93 bits per heavy atom. The zero-order valence-electron chi connectivity index (χ0n) is 15.2. The molecule has 0 saturated carbocycles. The van der Waals surface area contributed by atoms with Crippen molar-refractivity contribution in [1.29, 1.82) is 0 Å². The number of imidazole rings is 1. The van der Waals surface area contributed by atoms with E-state index in [0.717, 1.165) is 46.7 Å². The number of benzene rings is 2. The van der Waals surface area contributed by atoms with Gasteiger partial charge in [0.1, 0.15) is 5.82 Å². The number of nitrogens with zero attached hydrogens (tertiary/aromatic N) is 4. The molecule has 0 aliphatic carbocycles. The standard InChI is InChI=1S/C21H19N5OS/c27-21(18-19(28-25-24-18)14-7-2-1-3-8-14)26-12-6-9-15(13-26)20-22-16-10-4-5-11-17(16)23-20/h1-5,7-8,10-11,15H,6,9,12-13H2,(H,22,23).